The monoisotopic (exact) mass is 845 g/mol. The number of phosphoric ester groups is 3. The Kier molecular flexibility index (Phi) is 14.8. The third kappa shape index (κ3) is 12.5. The maximum absolute atomic E-state index is 12.7. The van der Waals surface area contributed by atoms with Gasteiger partial charge in [-0.25, -0.2) is 28.6 Å². The average Bonchev–Trinajstić information content (AvgIpc) is 3.65. The number of thioether (sulfide) groups is 1. The highest BCUT2D eigenvalue weighted by atomic mass is 32.2. The summed E-state index contributed by atoms with van der Waals surface area (Å²) in [6.45, 7) is 0.683. The number of rotatable bonds is 20. The van der Waals surface area contributed by atoms with E-state index in [4.69, 9.17) is 19.5 Å². The Balaban J connectivity index is 1.25. The number of ether oxygens (including phenoxy) is 1. The summed E-state index contributed by atoms with van der Waals surface area (Å²) in [7, 11) is -16.4. The molecule has 7 atom stereocenters. The Hall–Kier alpha value is -3.03. The minimum absolute atomic E-state index is 0.0345. The van der Waals surface area contributed by atoms with Crippen LogP contribution in [-0.2, 0) is 45.9 Å². The van der Waals surface area contributed by atoms with Crippen molar-refractivity contribution in [2.45, 2.75) is 55.9 Å². The summed E-state index contributed by atoms with van der Waals surface area (Å²) < 4.78 is 62.1. The highest BCUT2D eigenvalue weighted by Crippen LogP contribution is 2.61. The lowest BCUT2D eigenvalue weighted by Gasteiger charge is -2.30. The van der Waals surface area contributed by atoms with Crippen molar-refractivity contribution in [2.75, 3.05) is 37.8 Å². The van der Waals surface area contributed by atoms with Crippen molar-refractivity contribution >= 4 is 64.0 Å². The molecule has 3 aromatic heterocycles. The van der Waals surface area contributed by atoms with E-state index in [-0.39, 0.29) is 35.9 Å². The molecule has 1 aliphatic heterocycles. The van der Waals surface area contributed by atoms with Crippen molar-refractivity contribution in [2.24, 2.45) is 5.41 Å². The molecule has 0 radical (unpaired) electrons. The van der Waals surface area contributed by atoms with Crippen LogP contribution in [0.15, 0.2) is 36.0 Å². The first-order chi connectivity index (χ1) is 25.2. The number of nitrogen functional groups attached to an aromatic ring is 1. The van der Waals surface area contributed by atoms with Gasteiger partial charge in [0.25, 0.3) is 0 Å². The Bertz CT molecular complexity index is 1910. The van der Waals surface area contributed by atoms with Crippen molar-refractivity contribution in [3.05, 3.63) is 31.0 Å². The highest BCUT2D eigenvalue weighted by molar-refractivity contribution is 7.99. The molecule has 0 aliphatic carbocycles. The van der Waals surface area contributed by atoms with E-state index in [9.17, 15) is 53.1 Å². The Morgan fingerprint density at radius 1 is 1.09 bits per heavy atom. The van der Waals surface area contributed by atoms with Crippen LogP contribution >= 0.6 is 35.2 Å². The molecule has 54 heavy (non-hydrogen) atoms. The highest BCUT2D eigenvalue weighted by Gasteiger charge is 2.50. The lowest BCUT2D eigenvalue weighted by molar-refractivity contribution is -0.137. The topological polar surface area (TPSA) is 372 Å². The standard InChI is InChI=1S/C25H38N9O16P3S/c1-25(2,20(37)23(38)28-7-5-15(35)27-8-9-54-16-4-3-6-32-33-16)11-47-53(44,45)50-52(42,43)46-10-14-19(49-51(39,40)41)18(36)24(48-14)34-13-31-17-21(26)29-12-30-22(17)34/h3-4,6,12-14,18-20,24,36-37H,5,7-11H2,1-2H3,(H,27,35)(H,28,38)(H,42,43)(H,44,45)(H2,26,29,30)(H2,39,40,41)/t14-,18-,19-,20+,24-/m1/s1. The molecular weight excluding hydrogens is 807 g/mol. The van der Waals surface area contributed by atoms with Gasteiger partial charge in [0, 0.05) is 36.9 Å². The smallest absolute Gasteiger partial charge is 0.386 e. The minimum Gasteiger partial charge on any atom is -0.386 e. The number of anilines is 1. The SMILES string of the molecule is CC(C)(COP(=O)(O)OP(=O)(O)OC[C@H]1O[C@@H](n2cnc3c(N)ncnc32)[C@H](O)[C@@H]1OP(=O)(O)O)[C@@H](O)C(=O)NCCC(=O)NCCSc1cccnn1. The number of hydrogen-bond donors (Lipinski definition) is 9. The summed E-state index contributed by atoms with van der Waals surface area (Å²) in [6, 6.07) is 3.49. The number of aromatic nitrogens is 6. The van der Waals surface area contributed by atoms with E-state index in [0.29, 0.717) is 17.3 Å². The van der Waals surface area contributed by atoms with Gasteiger partial charge in [-0.1, -0.05) is 13.8 Å². The second-order valence-corrected chi connectivity index (χ2v) is 17.3. The maximum atomic E-state index is 12.7. The molecule has 25 nitrogen and oxygen atoms in total. The van der Waals surface area contributed by atoms with Gasteiger partial charge in [0.1, 0.15) is 41.3 Å². The molecule has 0 bridgehead atoms. The van der Waals surface area contributed by atoms with Gasteiger partial charge in [-0.05, 0) is 12.1 Å². The largest absolute Gasteiger partial charge is 0.481 e. The zero-order valence-electron chi connectivity index (χ0n) is 28.3. The molecule has 2 unspecified atom stereocenters. The lowest BCUT2D eigenvalue weighted by atomic mass is 9.87. The zero-order chi connectivity index (χ0) is 39.9. The fourth-order valence-electron chi connectivity index (χ4n) is 4.65. The normalized spacial score (nSPS) is 22.0. The third-order valence-electron chi connectivity index (χ3n) is 7.30. The van der Waals surface area contributed by atoms with Crippen LogP contribution in [0.4, 0.5) is 5.82 Å². The predicted octanol–water partition coefficient (Wildman–Crippen LogP) is -1.01. The van der Waals surface area contributed by atoms with Crippen molar-refractivity contribution in [3.8, 4) is 0 Å². The number of aliphatic hydroxyl groups is 2. The van der Waals surface area contributed by atoms with Gasteiger partial charge in [-0.2, -0.15) is 9.41 Å². The molecule has 1 fully saturated rings. The number of nitrogens with two attached hydrogens (primary N) is 1. The van der Waals surface area contributed by atoms with E-state index >= 15 is 0 Å². The van der Waals surface area contributed by atoms with Crippen LogP contribution in [0.2, 0.25) is 0 Å². The number of hydrogen-bond acceptors (Lipinski definition) is 19. The van der Waals surface area contributed by atoms with Crippen LogP contribution < -0.4 is 16.4 Å². The Morgan fingerprint density at radius 2 is 1.81 bits per heavy atom. The number of aliphatic hydroxyl groups excluding tert-OH is 2. The molecule has 2 amide bonds. The second kappa shape index (κ2) is 18.3. The van der Waals surface area contributed by atoms with Gasteiger partial charge in [-0.15, -0.1) is 16.9 Å². The van der Waals surface area contributed by atoms with E-state index in [1.165, 1.54) is 31.8 Å². The summed E-state index contributed by atoms with van der Waals surface area (Å²) in [4.78, 5) is 75.5. The van der Waals surface area contributed by atoms with E-state index in [1.54, 1.807) is 12.1 Å². The molecule has 1 aliphatic rings. The molecule has 1 saturated heterocycles. The number of imidazole rings is 1. The van der Waals surface area contributed by atoms with Crippen LogP contribution in [0.3, 0.4) is 0 Å². The van der Waals surface area contributed by atoms with Gasteiger partial charge < -0.3 is 50.9 Å². The molecule has 0 aromatic carbocycles. The number of carbonyl (C=O) groups excluding carboxylic acids is 2. The summed E-state index contributed by atoms with van der Waals surface area (Å²) in [5.41, 5.74) is 4.29. The zero-order valence-corrected chi connectivity index (χ0v) is 31.8. The van der Waals surface area contributed by atoms with Crippen molar-refractivity contribution in [1.29, 1.82) is 0 Å². The number of carbonyl (C=O) groups is 2. The molecule has 300 valence electrons. The summed E-state index contributed by atoms with van der Waals surface area (Å²) in [6.07, 6.45) is -5.29. The lowest BCUT2D eigenvalue weighted by Crippen LogP contribution is -2.46. The summed E-state index contributed by atoms with van der Waals surface area (Å²) in [5, 5.41) is 34.8. The van der Waals surface area contributed by atoms with E-state index in [2.05, 4.69) is 44.6 Å². The van der Waals surface area contributed by atoms with Gasteiger partial charge in [0.05, 0.1) is 19.5 Å². The number of amides is 2. The van der Waals surface area contributed by atoms with Gasteiger partial charge in [-0.3, -0.25) is 27.7 Å². The Labute approximate surface area is 309 Å². The van der Waals surface area contributed by atoms with Gasteiger partial charge in [0.2, 0.25) is 11.8 Å². The first kappa shape index (κ1) is 43.7. The number of phosphoric acid groups is 3. The molecule has 0 saturated carbocycles. The number of fused-ring (bicyclic) bond motifs is 1. The third-order valence-corrected chi connectivity index (χ3v) is 11.3. The maximum Gasteiger partial charge on any atom is 0.481 e. The Morgan fingerprint density at radius 3 is 2.50 bits per heavy atom. The van der Waals surface area contributed by atoms with Crippen LogP contribution in [0, 0.1) is 5.41 Å². The van der Waals surface area contributed by atoms with Crippen LogP contribution in [-0.4, -0.2) is 128 Å². The van der Waals surface area contributed by atoms with Gasteiger partial charge >= 0.3 is 23.5 Å². The fraction of sp³-hybridized carbons (Fsp3) is 0.560. The van der Waals surface area contributed by atoms with E-state index in [0.717, 1.165) is 17.2 Å². The van der Waals surface area contributed by atoms with Gasteiger partial charge in [0.15, 0.2) is 17.7 Å². The predicted molar refractivity (Wildman–Crippen MR) is 182 cm³/mol. The molecule has 4 heterocycles. The van der Waals surface area contributed by atoms with Crippen LogP contribution in [0.5, 0.6) is 0 Å². The van der Waals surface area contributed by atoms with Crippen LogP contribution in [0.1, 0.15) is 26.5 Å². The molecule has 10 N–H and O–H groups in total. The molecule has 0 spiro atoms. The summed E-state index contributed by atoms with van der Waals surface area (Å²) in [5.74, 6) is -0.855. The van der Waals surface area contributed by atoms with Crippen molar-refractivity contribution in [3.63, 3.8) is 0 Å². The summed E-state index contributed by atoms with van der Waals surface area (Å²) >= 11 is 1.38. The first-order valence-corrected chi connectivity index (χ1v) is 21.0. The molecule has 4 rings (SSSR count). The second-order valence-electron chi connectivity index (χ2n) is 12.0. The first-order valence-electron chi connectivity index (χ1n) is 15.5. The number of nitrogens with one attached hydrogen (secondary N) is 2. The number of nitrogens with zero attached hydrogens (tertiary/aromatic N) is 6. The average molecular weight is 846 g/mol. The van der Waals surface area contributed by atoms with E-state index in [1.807, 2.05) is 0 Å². The molecule has 29 heteroatoms. The molecular formula is C25H38N9O16P3S. The van der Waals surface area contributed by atoms with E-state index < -0.39 is 78.6 Å². The van der Waals surface area contributed by atoms with Crippen LogP contribution in [0.25, 0.3) is 11.2 Å². The molecule has 3 aromatic rings. The van der Waals surface area contributed by atoms with Crippen molar-refractivity contribution < 1.29 is 75.7 Å². The fourth-order valence-corrected chi connectivity index (χ4v) is 8.17. The minimum atomic E-state index is -5.56. The van der Waals surface area contributed by atoms with Crippen molar-refractivity contribution in [1.82, 2.24) is 40.3 Å². The quantitative estimate of drug-likeness (QED) is 0.0373.